The van der Waals surface area contributed by atoms with Crippen molar-refractivity contribution in [3.8, 4) is 5.75 Å². The molecule has 36 heavy (non-hydrogen) atoms. The number of hydrogen-bond acceptors (Lipinski definition) is 5. The Morgan fingerprint density at radius 1 is 1.00 bits per heavy atom. The number of benzene rings is 2. The van der Waals surface area contributed by atoms with Crippen molar-refractivity contribution >= 4 is 17.5 Å². The fraction of sp³-hybridized carbons (Fsp3) is 0.296. The highest BCUT2D eigenvalue weighted by Crippen LogP contribution is 2.25. The molecule has 1 saturated heterocycles. The molecule has 1 aliphatic rings. The van der Waals surface area contributed by atoms with Crippen LogP contribution in [-0.2, 0) is 4.74 Å². The lowest BCUT2D eigenvalue weighted by molar-refractivity contribution is -0.0229. The molecule has 2 heterocycles. The van der Waals surface area contributed by atoms with Crippen LogP contribution < -0.4 is 10.3 Å². The van der Waals surface area contributed by atoms with Crippen molar-refractivity contribution in [2.75, 3.05) is 13.1 Å². The fourth-order valence-electron chi connectivity index (χ4n) is 3.64. The number of alkyl halides is 2. The summed E-state index contributed by atoms with van der Waals surface area (Å²) in [5.74, 6) is -0.258. The number of likely N-dealkylation sites (tertiary alicyclic amines) is 1. The van der Waals surface area contributed by atoms with Gasteiger partial charge in [-0.2, -0.15) is 8.78 Å². The number of ether oxygens (including phenoxy) is 2. The van der Waals surface area contributed by atoms with Crippen LogP contribution in [0.3, 0.4) is 0 Å². The quantitative estimate of drug-likeness (QED) is 0.429. The van der Waals surface area contributed by atoms with Crippen molar-refractivity contribution in [1.29, 1.82) is 0 Å². The Hall–Kier alpha value is -4.01. The van der Waals surface area contributed by atoms with Crippen LogP contribution in [0.25, 0.3) is 0 Å². The molecule has 7 nitrogen and oxygen atoms in total. The first-order valence-electron chi connectivity index (χ1n) is 11.5. The minimum atomic E-state index is -3.08. The van der Waals surface area contributed by atoms with Gasteiger partial charge < -0.3 is 14.4 Å². The highest BCUT2D eigenvalue weighted by atomic mass is 19.3. The molecule has 0 spiro atoms. The van der Waals surface area contributed by atoms with Crippen LogP contribution >= 0.6 is 0 Å². The molecule has 1 fully saturated rings. The molecule has 0 unspecified atom stereocenters. The number of nitrogens with zero attached hydrogens (tertiary/aromatic N) is 3. The average Bonchev–Trinajstić information content (AvgIpc) is 2.80. The zero-order chi connectivity index (χ0) is 25.9. The van der Waals surface area contributed by atoms with Crippen molar-refractivity contribution in [2.24, 2.45) is 4.99 Å². The molecule has 0 N–H and O–H groups in total. The van der Waals surface area contributed by atoms with Gasteiger partial charge in [0.05, 0.1) is 24.5 Å². The first-order chi connectivity index (χ1) is 17.1. The molecule has 4 rings (SSSR count). The SMILES string of the molecule is CC(C)(C)OC(=O)N1CC(Oc2cc(N=C(c3ccccc3)c3ccccc3)cn(C(F)F)c2=O)C1. The number of carbonyl (C=O) groups is 1. The van der Waals surface area contributed by atoms with Gasteiger partial charge >= 0.3 is 12.6 Å². The molecule has 0 aliphatic carbocycles. The molecule has 2 aromatic carbocycles. The van der Waals surface area contributed by atoms with Crippen LogP contribution in [0.15, 0.2) is 82.7 Å². The molecular weight excluding hydrogens is 468 g/mol. The lowest BCUT2D eigenvalue weighted by atomic mass is 10.0. The van der Waals surface area contributed by atoms with E-state index < -0.39 is 29.9 Å². The Morgan fingerprint density at radius 2 is 1.56 bits per heavy atom. The highest BCUT2D eigenvalue weighted by molar-refractivity contribution is 6.13. The predicted octanol–water partition coefficient (Wildman–Crippen LogP) is 5.41. The molecule has 188 valence electrons. The van der Waals surface area contributed by atoms with E-state index >= 15 is 0 Å². The lowest BCUT2D eigenvalue weighted by Gasteiger charge is -2.39. The molecule has 0 atom stereocenters. The van der Waals surface area contributed by atoms with Gasteiger partial charge in [0.2, 0.25) is 0 Å². The second-order valence-corrected chi connectivity index (χ2v) is 9.37. The number of aliphatic imine (C=N–C) groups is 1. The van der Waals surface area contributed by atoms with E-state index in [2.05, 4.69) is 4.99 Å². The number of aromatic nitrogens is 1. The van der Waals surface area contributed by atoms with E-state index in [1.165, 1.54) is 11.0 Å². The van der Waals surface area contributed by atoms with Crippen LogP contribution in [0.5, 0.6) is 5.75 Å². The minimum Gasteiger partial charge on any atom is -0.481 e. The summed E-state index contributed by atoms with van der Waals surface area (Å²) in [6.45, 7) is 2.56. The van der Waals surface area contributed by atoms with E-state index in [0.717, 1.165) is 17.3 Å². The number of carbonyl (C=O) groups excluding carboxylic acids is 1. The Balaban J connectivity index is 1.64. The first-order valence-corrected chi connectivity index (χ1v) is 11.5. The van der Waals surface area contributed by atoms with E-state index in [9.17, 15) is 18.4 Å². The minimum absolute atomic E-state index is 0.135. The summed E-state index contributed by atoms with van der Waals surface area (Å²) in [7, 11) is 0. The number of amides is 1. The molecule has 1 aliphatic heterocycles. The third-order valence-electron chi connectivity index (χ3n) is 5.33. The number of halogens is 2. The zero-order valence-electron chi connectivity index (χ0n) is 20.2. The lowest BCUT2D eigenvalue weighted by Crippen LogP contribution is -2.57. The van der Waals surface area contributed by atoms with Crippen molar-refractivity contribution < 1.29 is 23.0 Å². The van der Waals surface area contributed by atoms with E-state index in [1.54, 1.807) is 20.8 Å². The Morgan fingerprint density at radius 3 is 2.06 bits per heavy atom. The van der Waals surface area contributed by atoms with Crippen LogP contribution in [0.2, 0.25) is 0 Å². The topological polar surface area (TPSA) is 73.1 Å². The summed E-state index contributed by atoms with van der Waals surface area (Å²) in [6.07, 6.45) is -0.0150. The Bertz CT molecular complexity index is 1250. The Labute approximate surface area is 207 Å². The molecule has 0 radical (unpaired) electrons. The second kappa shape index (κ2) is 10.3. The summed E-state index contributed by atoms with van der Waals surface area (Å²) in [5.41, 5.74) is 0.647. The van der Waals surface area contributed by atoms with E-state index in [1.807, 2.05) is 60.7 Å². The third-order valence-corrected chi connectivity index (χ3v) is 5.33. The maximum Gasteiger partial charge on any atom is 0.410 e. The van der Waals surface area contributed by atoms with Crippen LogP contribution in [0.1, 0.15) is 38.4 Å². The van der Waals surface area contributed by atoms with Gasteiger partial charge in [0.25, 0.3) is 5.56 Å². The molecule has 9 heteroatoms. The van der Waals surface area contributed by atoms with Gasteiger partial charge in [0.1, 0.15) is 11.7 Å². The van der Waals surface area contributed by atoms with Crippen molar-refractivity contribution in [3.63, 3.8) is 0 Å². The van der Waals surface area contributed by atoms with Gasteiger partial charge in [0, 0.05) is 23.4 Å². The van der Waals surface area contributed by atoms with Gasteiger partial charge in [-0.3, -0.25) is 9.36 Å². The van der Waals surface area contributed by atoms with Gasteiger partial charge in [-0.25, -0.2) is 9.79 Å². The maximum absolute atomic E-state index is 13.7. The predicted molar refractivity (Wildman–Crippen MR) is 132 cm³/mol. The van der Waals surface area contributed by atoms with Crippen LogP contribution in [-0.4, -0.2) is 46.1 Å². The number of rotatable bonds is 6. The van der Waals surface area contributed by atoms with Crippen molar-refractivity contribution in [1.82, 2.24) is 9.47 Å². The summed E-state index contributed by atoms with van der Waals surface area (Å²) >= 11 is 0. The van der Waals surface area contributed by atoms with E-state index in [4.69, 9.17) is 9.47 Å². The van der Waals surface area contributed by atoms with Crippen molar-refractivity contribution in [3.05, 3.63) is 94.4 Å². The van der Waals surface area contributed by atoms with Gasteiger partial charge in [-0.05, 0) is 20.8 Å². The summed E-state index contributed by atoms with van der Waals surface area (Å²) in [4.78, 5) is 30.9. The largest absolute Gasteiger partial charge is 0.481 e. The summed E-state index contributed by atoms with van der Waals surface area (Å²) in [5, 5.41) is 0. The average molecular weight is 496 g/mol. The normalized spacial score (nSPS) is 13.8. The molecule has 1 aromatic heterocycles. The number of pyridine rings is 1. The molecular formula is C27H27F2N3O4. The Kier molecular flexibility index (Phi) is 7.19. The van der Waals surface area contributed by atoms with E-state index in [0.29, 0.717) is 10.3 Å². The zero-order valence-corrected chi connectivity index (χ0v) is 20.2. The fourth-order valence-corrected chi connectivity index (χ4v) is 3.64. The first kappa shape index (κ1) is 25.1. The van der Waals surface area contributed by atoms with Gasteiger partial charge in [-0.1, -0.05) is 60.7 Å². The smallest absolute Gasteiger partial charge is 0.410 e. The molecule has 3 aromatic rings. The molecule has 0 saturated carbocycles. The third kappa shape index (κ3) is 5.97. The monoisotopic (exact) mass is 495 g/mol. The maximum atomic E-state index is 13.7. The van der Waals surface area contributed by atoms with Gasteiger partial charge in [-0.15, -0.1) is 0 Å². The molecule has 0 bridgehead atoms. The van der Waals surface area contributed by atoms with Crippen LogP contribution in [0.4, 0.5) is 19.3 Å². The summed E-state index contributed by atoms with van der Waals surface area (Å²) < 4.78 is 38.8. The van der Waals surface area contributed by atoms with Crippen LogP contribution in [0, 0.1) is 0 Å². The second-order valence-electron chi connectivity index (χ2n) is 9.37. The summed E-state index contributed by atoms with van der Waals surface area (Å²) in [6, 6.07) is 20.0. The molecule has 1 amide bonds. The highest BCUT2D eigenvalue weighted by Gasteiger charge is 2.35. The van der Waals surface area contributed by atoms with E-state index in [-0.39, 0.29) is 24.5 Å². The van der Waals surface area contributed by atoms with Gasteiger partial charge in [0.15, 0.2) is 5.75 Å². The standard InChI is InChI=1S/C27H27F2N3O4/c1-27(2,3)36-26(34)31-16-21(17-31)35-22-14-20(15-32(24(22)33)25(28)29)30-23(18-10-6-4-7-11-18)19-12-8-5-9-13-19/h4-15,21,25H,16-17H2,1-3H3. The number of hydrogen-bond donors (Lipinski definition) is 0. The van der Waals surface area contributed by atoms with Crippen molar-refractivity contribution in [2.45, 2.75) is 39.0 Å².